The molecule has 2 aromatic rings. The average molecular weight is 290 g/mol. The smallest absolute Gasteiger partial charge is 0.165 e. The number of hydrogen-bond acceptors (Lipinski definition) is 4. The van der Waals surface area contributed by atoms with Crippen molar-refractivity contribution in [1.29, 1.82) is 5.26 Å². The van der Waals surface area contributed by atoms with E-state index in [0.717, 1.165) is 10.4 Å². The lowest BCUT2D eigenvalue weighted by atomic mass is 10.1. The molecule has 0 saturated heterocycles. The highest BCUT2D eigenvalue weighted by Gasteiger charge is 2.09. The van der Waals surface area contributed by atoms with Crippen molar-refractivity contribution in [3.8, 4) is 11.8 Å². The number of thiophene rings is 1. The standard InChI is InChI=1S/C15H15FN2OS/c1-10(11-3-6-15(19-2)14(16)7-11)18-9-13-5-4-12(8-17)20-13/h3-7,10,18H,9H2,1-2H3. The van der Waals surface area contributed by atoms with Crippen LogP contribution in [0.4, 0.5) is 4.39 Å². The molecule has 1 aromatic heterocycles. The third kappa shape index (κ3) is 3.35. The second kappa shape index (κ2) is 6.51. The number of methoxy groups -OCH3 is 1. The second-order valence-corrected chi connectivity index (χ2v) is 5.54. The Kier molecular flexibility index (Phi) is 4.72. The third-order valence-electron chi connectivity index (χ3n) is 3.03. The first-order valence-electron chi connectivity index (χ1n) is 6.19. The summed E-state index contributed by atoms with van der Waals surface area (Å²) in [6.07, 6.45) is 0. The minimum atomic E-state index is -0.360. The SMILES string of the molecule is COc1ccc(C(C)NCc2ccc(C#N)s2)cc1F. The van der Waals surface area contributed by atoms with Crippen molar-refractivity contribution >= 4 is 11.3 Å². The molecule has 1 heterocycles. The molecule has 20 heavy (non-hydrogen) atoms. The van der Waals surface area contributed by atoms with E-state index < -0.39 is 0 Å². The zero-order chi connectivity index (χ0) is 14.5. The van der Waals surface area contributed by atoms with Crippen molar-refractivity contribution in [3.63, 3.8) is 0 Å². The third-order valence-corrected chi connectivity index (χ3v) is 4.02. The Morgan fingerprint density at radius 3 is 2.80 bits per heavy atom. The molecular weight excluding hydrogens is 275 g/mol. The minimum Gasteiger partial charge on any atom is -0.494 e. The van der Waals surface area contributed by atoms with Gasteiger partial charge in [-0.25, -0.2) is 4.39 Å². The Hall–Kier alpha value is -1.90. The van der Waals surface area contributed by atoms with E-state index in [1.54, 1.807) is 12.1 Å². The van der Waals surface area contributed by atoms with Crippen molar-refractivity contribution in [2.75, 3.05) is 7.11 Å². The summed E-state index contributed by atoms with van der Waals surface area (Å²) in [6, 6.07) is 10.8. The number of benzene rings is 1. The summed E-state index contributed by atoms with van der Waals surface area (Å²) in [4.78, 5) is 1.78. The molecule has 2 rings (SSSR count). The Labute approximate surface area is 121 Å². The van der Waals surface area contributed by atoms with Gasteiger partial charge in [-0.05, 0) is 36.8 Å². The molecule has 104 valence electrons. The van der Waals surface area contributed by atoms with Gasteiger partial charge in [-0.3, -0.25) is 0 Å². The first-order valence-corrected chi connectivity index (χ1v) is 7.01. The van der Waals surface area contributed by atoms with Crippen LogP contribution in [0.25, 0.3) is 0 Å². The molecule has 0 saturated carbocycles. The van der Waals surface area contributed by atoms with Crippen molar-refractivity contribution in [2.45, 2.75) is 19.5 Å². The monoisotopic (exact) mass is 290 g/mol. The summed E-state index contributed by atoms with van der Waals surface area (Å²) in [5.41, 5.74) is 0.861. The topological polar surface area (TPSA) is 45.0 Å². The molecule has 5 heteroatoms. The van der Waals surface area contributed by atoms with Gasteiger partial charge >= 0.3 is 0 Å². The molecule has 0 spiro atoms. The van der Waals surface area contributed by atoms with Crippen molar-refractivity contribution in [3.05, 3.63) is 51.5 Å². The lowest BCUT2D eigenvalue weighted by molar-refractivity contribution is 0.385. The molecule has 1 atom stereocenters. The van der Waals surface area contributed by atoms with Crippen LogP contribution in [0.2, 0.25) is 0 Å². The number of halogens is 1. The Balaban J connectivity index is 1.99. The van der Waals surface area contributed by atoms with Crippen LogP contribution in [-0.2, 0) is 6.54 Å². The molecule has 0 fully saturated rings. The molecule has 0 amide bonds. The van der Waals surface area contributed by atoms with Crippen LogP contribution < -0.4 is 10.1 Å². The number of nitriles is 1. The molecule has 0 aliphatic heterocycles. The van der Waals surface area contributed by atoms with Crippen LogP contribution in [0.1, 0.15) is 28.3 Å². The fourth-order valence-corrected chi connectivity index (χ4v) is 2.61. The van der Waals surface area contributed by atoms with Gasteiger partial charge in [-0.15, -0.1) is 11.3 Å². The first-order chi connectivity index (χ1) is 9.63. The van der Waals surface area contributed by atoms with E-state index in [1.807, 2.05) is 19.1 Å². The fraction of sp³-hybridized carbons (Fsp3) is 0.267. The van der Waals surface area contributed by atoms with E-state index in [0.29, 0.717) is 11.4 Å². The van der Waals surface area contributed by atoms with E-state index >= 15 is 0 Å². The van der Waals surface area contributed by atoms with Gasteiger partial charge in [0.1, 0.15) is 10.9 Å². The maximum atomic E-state index is 13.6. The number of nitrogens with one attached hydrogen (secondary N) is 1. The highest BCUT2D eigenvalue weighted by molar-refractivity contribution is 7.12. The van der Waals surface area contributed by atoms with Gasteiger partial charge in [-0.2, -0.15) is 5.26 Å². The lowest BCUT2D eigenvalue weighted by Gasteiger charge is -2.14. The lowest BCUT2D eigenvalue weighted by Crippen LogP contribution is -2.17. The number of nitrogens with zero attached hydrogens (tertiary/aromatic N) is 1. The quantitative estimate of drug-likeness (QED) is 0.914. The molecule has 1 aromatic carbocycles. The predicted octanol–water partition coefficient (Wildman–Crippen LogP) is 3.62. The van der Waals surface area contributed by atoms with Crippen LogP contribution in [0.5, 0.6) is 5.75 Å². The Morgan fingerprint density at radius 1 is 1.40 bits per heavy atom. The van der Waals surface area contributed by atoms with Crippen molar-refractivity contribution in [1.82, 2.24) is 5.32 Å². The predicted molar refractivity (Wildman–Crippen MR) is 77.2 cm³/mol. The average Bonchev–Trinajstić information content (AvgIpc) is 2.92. The summed E-state index contributed by atoms with van der Waals surface area (Å²) in [6.45, 7) is 2.63. The zero-order valence-corrected chi connectivity index (χ0v) is 12.1. The van der Waals surface area contributed by atoms with Gasteiger partial charge in [0, 0.05) is 17.5 Å². The van der Waals surface area contributed by atoms with Crippen LogP contribution in [0.15, 0.2) is 30.3 Å². The van der Waals surface area contributed by atoms with Crippen LogP contribution in [0.3, 0.4) is 0 Å². The van der Waals surface area contributed by atoms with Crippen LogP contribution >= 0.6 is 11.3 Å². The van der Waals surface area contributed by atoms with E-state index in [4.69, 9.17) is 10.00 Å². The van der Waals surface area contributed by atoms with E-state index in [9.17, 15) is 4.39 Å². The molecular formula is C15H15FN2OS. The first kappa shape index (κ1) is 14.5. The molecule has 3 nitrogen and oxygen atoms in total. The molecule has 1 N–H and O–H groups in total. The summed E-state index contributed by atoms with van der Waals surface area (Å²) in [5, 5.41) is 12.1. The number of hydrogen-bond donors (Lipinski definition) is 1. The molecule has 0 aliphatic rings. The molecule has 0 aliphatic carbocycles. The van der Waals surface area contributed by atoms with E-state index in [2.05, 4.69) is 11.4 Å². The number of ether oxygens (including phenoxy) is 1. The largest absolute Gasteiger partial charge is 0.494 e. The van der Waals surface area contributed by atoms with Crippen LogP contribution in [0, 0.1) is 17.1 Å². The van der Waals surface area contributed by atoms with E-state index in [1.165, 1.54) is 24.5 Å². The van der Waals surface area contributed by atoms with Crippen LogP contribution in [-0.4, -0.2) is 7.11 Å². The Bertz CT molecular complexity index is 633. The van der Waals surface area contributed by atoms with Gasteiger partial charge in [-0.1, -0.05) is 6.07 Å². The highest BCUT2D eigenvalue weighted by Crippen LogP contribution is 2.22. The maximum absolute atomic E-state index is 13.6. The summed E-state index contributed by atoms with van der Waals surface area (Å²) < 4.78 is 18.5. The zero-order valence-electron chi connectivity index (χ0n) is 11.3. The van der Waals surface area contributed by atoms with Crippen molar-refractivity contribution < 1.29 is 9.13 Å². The van der Waals surface area contributed by atoms with Gasteiger partial charge in [0.15, 0.2) is 11.6 Å². The molecule has 0 radical (unpaired) electrons. The highest BCUT2D eigenvalue weighted by atomic mass is 32.1. The summed E-state index contributed by atoms with van der Waals surface area (Å²) in [7, 11) is 1.45. The van der Waals surface area contributed by atoms with Gasteiger partial charge in [0.2, 0.25) is 0 Å². The van der Waals surface area contributed by atoms with Gasteiger partial charge < -0.3 is 10.1 Å². The molecule has 1 unspecified atom stereocenters. The van der Waals surface area contributed by atoms with Gasteiger partial charge in [0.25, 0.3) is 0 Å². The molecule has 0 bridgehead atoms. The fourth-order valence-electron chi connectivity index (χ4n) is 1.86. The second-order valence-electron chi connectivity index (χ2n) is 4.37. The summed E-state index contributed by atoms with van der Waals surface area (Å²) >= 11 is 1.46. The summed E-state index contributed by atoms with van der Waals surface area (Å²) in [5.74, 6) is -0.112. The van der Waals surface area contributed by atoms with Gasteiger partial charge in [0.05, 0.1) is 7.11 Å². The van der Waals surface area contributed by atoms with E-state index in [-0.39, 0.29) is 17.6 Å². The maximum Gasteiger partial charge on any atom is 0.165 e. The minimum absolute atomic E-state index is 0.0167. The Morgan fingerprint density at radius 2 is 2.20 bits per heavy atom. The normalized spacial score (nSPS) is 11.9. The van der Waals surface area contributed by atoms with Crippen molar-refractivity contribution in [2.24, 2.45) is 0 Å². The number of rotatable bonds is 5.